The zero-order valence-electron chi connectivity index (χ0n) is 24.2. The number of nitrogens with zero attached hydrogens (tertiary/aromatic N) is 5. The van der Waals surface area contributed by atoms with E-state index in [0.29, 0.717) is 12.0 Å². The molecule has 0 saturated heterocycles. The molecular formula is C26H37N9O7. The smallest absolute Gasteiger partial charge is 0.408 e. The Labute approximate surface area is 242 Å². The lowest BCUT2D eigenvalue weighted by molar-refractivity contribution is -0.138. The summed E-state index contributed by atoms with van der Waals surface area (Å²) < 4.78 is 5.30. The molecule has 2 aromatic heterocycles. The van der Waals surface area contributed by atoms with E-state index < -0.39 is 59.9 Å². The molecule has 16 nitrogen and oxygen atoms in total. The molecule has 2 aromatic rings. The first kappa shape index (κ1) is 31.9. The average Bonchev–Trinajstić information content (AvgIpc) is 3.58. The molecule has 5 N–H and O–H groups in total. The van der Waals surface area contributed by atoms with Gasteiger partial charge in [0.15, 0.2) is 5.82 Å². The number of H-pyrrole nitrogens is 1. The van der Waals surface area contributed by atoms with Crippen molar-refractivity contribution in [1.82, 2.24) is 41.6 Å². The van der Waals surface area contributed by atoms with Crippen LogP contribution in [0, 0.1) is 5.92 Å². The number of fused-ring (bicyclic) bond motifs is 1. The quantitative estimate of drug-likeness (QED) is 0.229. The van der Waals surface area contributed by atoms with Crippen molar-refractivity contribution in [3.63, 3.8) is 0 Å². The number of anilines is 1. The summed E-state index contributed by atoms with van der Waals surface area (Å²) in [6, 6.07) is -0.0686. The van der Waals surface area contributed by atoms with Crippen LogP contribution in [-0.2, 0) is 36.9 Å². The van der Waals surface area contributed by atoms with E-state index >= 15 is 0 Å². The van der Waals surface area contributed by atoms with Crippen molar-refractivity contribution in [2.75, 3.05) is 4.90 Å². The van der Waals surface area contributed by atoms with Gasteiger partial charge in [-0.2, -0.15) is 5.21 Å². The highest BCUT2D eigenvalue weighted by Gasteiger charge is 2.43. The van der Waals surface area contributed by atoms with Gasteiger partial charge in [-0.3, -0.25) is 24.1 Å². The summed E-state index contributed by atoms with van der Waals surface area (Å²) in [5, 5.41) is 30.5. The Morgan fingerprint density at radius 3 is 2.57 bits per heavy atom. The third-order valence-electron chi connectivity index (χ3n) is 6.60. The standard InChI is InChI=1S/C26H37N9O7/c1-6-14(2)20(30-25(41)42-26(3,4)5)23(39)29-16(9-10-19(36)37)24(40)35-17(12-15-8-7-11-27-21(15)35)22(38)28-13-18-31-33-34-32-18/h7-8,11,14,16-17,20H,6,9-10,12-13H2,1-5H3,(H,28,38)(H,29,39)(H,30,41)(H,36,37)(H,31,32,33,34)/t14-,16?,17?,20-/m0/s1. The predicted octanol–water partition coefficient (Wildman–Crippen LogP) is 0.458. The summed E-state index contributed by atoms with van der Waals surface area (Å²) in [5.74, 6) is -3.03. The van der Waals surface area contributed by atoms with Crippen molar-refractivity contribution in [2.24, 2.45) is 5.92 Å². The number of hydrogen-bond acceptors (Lipinski definition) is 10. The van der Waals surface area contributed by atoms with Crippen LogP contribution in [0.5, 0.6) is 0 Å². The number of carbonyl (C=O) groups is 5. The lowest BCUT2D eigenvalue weighted by Crippen LogP contribution is -2.59. The van der Waals surface area contributed by atoms with E-state index in [4.69, 9.17) is 4.74 Å². The van der Waals surface area contributed by atoms with Crippen molar-refractivity contribution in [3.8, 4) is 0 Å². The molecule has 228 valence electrons. The van der Waals surface area contributed by atoms with Gasteiger partial charge in [-0.15, -0.1) is 10.2 Å². The first-order valence-corrected chi connectivity index (χ1v) is 13.6. The minimum atomic E-state index is -1.35. The number of aliphatic carboxylic acids is 1. The van der Waals surface area contributed by atoms with E-state index in [2.05, 4.69) is 41.6 Å². The number of hydrogen-bond donors (Lipinski definition) is 5. The highest BCUT2D eigenvalue weighted by atomic mass is 16.6. The molecule has 3 rings (SSSR count). The van der Waals surface area contributed by atoms with Gasteiger partial charge in [0.05, 0.1) is 6.54 Å². The van der Waals surface area contributed by atoms with Gasteiger partial charge in [0, 0.05) is 19.0 Å². The van der Waals surface area contributed by atoms with Crippen molar-refractivity contribution >= 4 is 35.6 Å². The highest BCUT2D eigenvalue weighted by Crippen LogP contribution is 2.31. The zero-order chi connectivity index (χ0) is 31.0. The Kier molecular flexibility index (Phi) is 10.5. The largest absolute Gasteiger partial charge is 0.481 e. The third kappa shape index (κ3) is 8.44. The highest BCUT2D eigenvalue weighted by molar-refractivity contribution is 6.06. The SMILES string of the molecule is CC[C@H](C)[C@H](NC(=O)OC(C)(C)C)C(=O)NC(CCC(=O)O)C(=O)N1c2ncccc2CC1C(=O)NCc1nn[nH]n1. The lowest BCUT2D eigenvalue weighted by Gasteiger charge is -2.31. The number of alkyl carbamates (subject to hydrolysis) is 1. The maximum absolute atomic E-state index is 14.0. The van der Waals surface area contributed by atoms with Gasteiger partial charge in [0.1, 0.15) is 29.5 Å². The molecule has 3 heterocycles. The topological polar surface area (TPSA) is 221 Å². The second kappa shape index (κ2) is 13.8. The summed E-state index contributed by atoms with van der Waals surface area (Å²) in [6.07, 6.45) is 0.591. The van der Waals surface area contributed by atoms with Crippen LogP contribution in [0.15, 0.2) is 18.3 Å². The van der Waals surface area contributed by atoms with E-state index in [-0.39, 0.29) is 36.9 Å². The third-order valence-corrected chi connectivity index (χ3v) is 6.60. The second-order valence-electron chi connectivity index (χ2n) is 11.0. The molecule has 0 fully saturated rings. The van der Waals surface area contributed by atoms with Crippen molar-refractivity contribution in [3.05, 3.63) is 29.7 Å². The number of carboxylic acid groups (broad SMARTS) is 1. The number of ether oxygens (including phenoxy) is 1. The lowest BCUT2D eigenvalue weighted by atomic mass is 9.97. The number of carboxylic acids is 1. The number of aromatic amines is 1. The molecule has 0 aromatic carbocycles. The summed E-state index contributed by atoms with van der Waals surface area (Å²) in [7, 11) is 0. The molecular weight excluding hydrogens is 550 g/mol. The fourth-order valence-corrected chi connectivity index (χ4v) is 4.35. The Hall–Kier alpha value is -4.63. The number of amides is 4. The van der Waals surface area contributed by atoms with Gasteiger partial charge in [-0.25, -0.2) is 9.78 Å². The minimum absolute atomic E-state index is 0.0518. The van der Waals surface area contributed by atoms with Crippen LogP contribution in [0.2, 0.25) is 0 Å². The monoisotopic (exact) mass is 587 g/mol. The molecule has 0 aliphatic carbocycles. The van der Waals surface area contributed by atoms with Crippen molar-refractivity contribution in [1.29, 1.82) is 0 Å². The maximum atomic E-state index is 14.0. The molecule has 0 bridgehead atoms. The van der Waals surface area contributed by atoms with Gasteiger partial charge in [0.25, 0.3) is 5.91 Å². The number of pyridine rings is 1. The Morgan fingerprint density at radius 2 is 1.95 bits per heavy atom. The first-order chi connectivity index (χ1) is 19.8. The van der Waals surface area contributed by atoms with Gasteiger partial charge in [-0.1, -0.05) is 31.5 Å². The predicted molar refractivity (Wildman–Crippen MR) is 147 cm³/mol. The molecule has 2 unspecified atom stereocenters. The van der Waals surface area contributed by atoms with Gasteiger partial charge in [0.2, 0.25) is 11.8 Å². The van der Waals surface area contributed by atoms with Gasteiger partial charge < -0.3 is 25.8 Å². The van der Waals surface area contributed by atoms with Crippen LogP contribution >= 0.6 is 0 Å². The molecule has 42 heavy (non-hydrogen) atoms. The maximum Gasteiger partial charge on any atom is 0.408 e. The number of carbonyl (C=O) groups excluding carboxylic acids is 4. The Balaban J connectivity index is 1.87. The van der Waals surface area contributed by atoms with Crippen LogP contribution in [0.4, 0.5) is 10.6 Å². The fourth-order valence-electron chi connectivity index (χ4n) is 4.35. The van der Waals surface area contributed by atoms with Crippen LogP contribution in [0.1, 0.15) is 65.3 Å². The summed E-state index contributed by atoms with van der Waals surface area (Å²) in [5.41, 5.74) is -0.186. The van der Waals surface area contributed by atoms with E-state index in [0.717, 1.165) is 0 Å². The summed E-state index contributed by atoms with van der Waals surface area (Å²) in [4.78, 5) is 70.2. The van der Waals surface area contributed by atoms with Gasteiger partial charge in [-0.05, 0) is 44.7 Å². The van der Waals surface area contributed by atoms with Crippen LogP contribution < -0.4 is 20.9 Å². The first-order valence-electron chi connectivity index (χ1n) is 13.6. The molecule has 0 saturated carbocycles. The molecule has 16 heteroatoms. The number of nitrogens with one attached hydrogen (secondary N) is 4. The molecule has 1 aliphatic rings. The van der Waals surface area contributed by atoms with Crippen LogP contribution in [-0.4, -0.2) is 84.2 Å². The van der Waals surface area contributed by atoms with Crippen LogP contribution in [0.25, 0.3) is 0 Å². The molecule has 0 radical (unpaired) electrons. The number of aromatic nitrogens is 5. The summed E-state index contributed by atoms with van der Waals surface area (Å²) >= 11 is 0. The Morgan fingerprint density at radius 1 is 1.21 bits per heavy atom. The van der Waals surface area contributed by atoms with Crippen LogP contribution in [0.3, 0.4) is 0 Å². The van der Waals surface area contributed by atoms with E-state index in [1.807, 2.05) is 6.92 Å². The zero-order valence-corrected chi connectivity index (χ0v) is 24.2. The van der Waals surface area contributed by atoms with Crippen molar-refractivity contribution in [2.45, 2.75) is 90.6 Å². The molecule has 1 aliphatic heterocycles. The van der Waals surface area contributed by atoms with Gasteiger partial charge >= 0.3 is 12.1 Å². The van der Waals surface area contributed by atoms with Crippen molar-refractivity contribution < 1.29 is 33.8 Å². The Bertz CT molecular complexity index is 1280. The second-order valence-corrected chi connectivity index (χ2v) is 11.0. The van der Waals surface area contributed by atoms with E-state index in [1.54, 1.807) is 39.8 Å². The average molecular weight is 588 g/mol. The number of tetrazole rings is 1. The minimum Gasteiger partial charge on any atom is -0.481 e. The normalized spacial score (nSPS) is 16.5. The number of rotatable bonds is 12. The molecule has 4 amide bonds. The van der Waals surface area contributed by atoms with E-state index in [9.17, 15) is 29.1 Å². The molecule has 4 atom stereocenters. The summed E-state index contributed by atoms with van der Waals surface area (Å²) in [6.45, 7) is 8.58. The van der Waals surface area contributed by atoms with E-state index in [1.165, 1.54) is 11.1 Å². The molecule has 0 spiro atoms. The fraction of sp³-hybridized carbons (Fsp3) is 0.577.